The second kappa shape index (κ2) is 28.4. The zero-order valence-electron chi connectivity index (χ0n) is 50.1. The van der Waals surface area contributed by atoms with Crippen molar-refractivity contribution in [2.75, 3.05) is 31.6 Å². The van der Waals surface area contributed by atoms with Gasteiger partial charge in [0.05, 0.1) is 59.9 Å². The van der Waals surface area contributed by atoms with E-state index in [1.807, 2.05) is 31.5 Å². The van der Waals surface area contributed by atoms with Gasteiger partial charge >= 0.3 is 11.9 Å². The third kappa shape index (κ3) is 14.9. The SMILES string of the molecule is Cc1ccc(C2=CN3C(=O)c4ccc(OCCCOc5ccc6c(c5)N=C[C@@H]5CC(c7cccc(CC(=O)OCc8ccc(O[C@@H]9OC(C(=O)O)[C@@H](O)[C@H](O)C9O)c(NC(=O)CCNC(=O)CCCCCN9C(=O)C=CC9=O)c8)c7)=CN5C6=O)cc4N=C[C@@H]3C2)cc1. The number of hydrogen-bond acceptors (Lipinski definition) is 18. The van der Waals surface area contributed by atoms with Crippen molar-refractivity contribution in [3.8, 4) is 17.2 Å². The van der Waals surface area contributed by atoms with Gasteiger partial charge in [-0.2, -0.15) is 0 Å². The monoisotopic (exact) mass is 1250 g/mol. The standard InChI is InChI=1S/C68H67N7O17/c1-39-10-13-42(14-11-39)44-30-46-34-70-52-32-48(15-17-50(52)65(84)74(46)36-44)88-25-6-26-89-49-16-18-51-53(33-49)71-35-47-31-45(37-75(47)66(51)85)43-8-5-7-40(27-43)29-60(80)90-38-41-12-19-55(91-68-63(83)61(81)62(82)64(92-68)67(86)87)54(28-41)72-57(77)22-23-69-56(76)9-3-2-4-24-73-58(78)20-21-59(73)79/h5,7-8,10-21,27-28,32-37,46-47,61-64,68,81-83H,2-4,6,9,22-26,29-31,38H2,1H3,(H,69,76)(H,72,77)(H,86,87)/t46-,47-,61-,62-,63?,64?,68+/m0/s1. The second-order valence-corrected chi connectivity index (χ2v) is 22.9. The van der Waals surface area contributed by atoms with E-state index in [0.717, 1.165) is 27.2 Å². The van der Waals surface area contributed by atoms with Gasteiger partial charge in [0.1, 0.15) is 42.2 Å². The molecule has 0 bridgehead atoms. The number of amides is 6. The first kappa shape index (κ1) is 63.4. The van der Waals surface area contributed by atoms with Crippen molar-refractivity contribution in [1.82, 2.24) is 20.0 Å². The molecule has 7 atom stereocenters. The Labute approximate surface area is 528 Å². The number of fused-ring (bicyclic) bond motifs is 4. The zero-order valence-corrected chi connectivity index (χ0v) is 50.1. The summed E-state index contributed by atoms with van der Waals surface area (Å²) in [4.78, 5) is 116. The van der Waals surface area contributed by atoms with Gasteiger partial charge < -0.3 is 64.5 Å². The summed E-state index contributed by atoms with van der Waals surface area (Å²) in [5.41, 5.74) is 7.88. The van der Waals surface area contributed by atoms with Crippen molar-refractivity contribution >= 4 is 88.0 Å². The molecule has 0 spiro atoms. The molecular formula is C68H67N7O17. The number of esters is 1. The Morgan fingerprint density at radius 1 is 0.652 bits per heavy atom. The Bertz CT molecular complexity index is 3860. The quantitative estimate of drug-likeness (QED) is 0.0213. The Hall–Kier alpha value is -10.1. The number of aryl methyl sites for hydroxylation is 1. The summed E-state index contributed by atoms with van der Waals surface area (Å²) in [5, 5.41) is 46.2. The van der Waals surface area contributed by atoms with Gasteiger partial charge in [-0.3, -0.25) is 48.4 Å². The minimum absolute atomic E-state index is 0.0322. The maximum Gasteiger partial charge on any atom is 0.335 e. The van der Waals surface area contributed by atoms with Crippen molar-refractivity contribution in [3.63, 3.8) is 0 Å². The number of nitrogens with zero attached hydrogens (tertiary/aromatic N) is 5. The van der Waals surface area contributed by atoms with Crippen molar-refractivity contribution < 1.29 is 82.5 Å². The number of anilines is 1. The van der Waals surface area contributed by atoms with Crippen LogP contribution in [0.3, 0.4) is 0 Å². The lowest BCUT2D eigenvalue weighted by molar-refractivity contribution is -0.271. The summed E-state index contributed by atoms with van der Waals surface area (Å²) in [6.45, 7) is 2.60. The van der Waals surface area contributed by atoms with Crippen LogP contribution in [0.1, 0.15) is 99.9 Å². The van der Waals surface area contributed by atoms with E-state index in [0.29, 0.717) is 96.9 Å². The highest BCUT2D eigenvalue weighted by Gasteiger charge is 2.48. The predicted molar refractivity (Wildman–Crippen MR) is 333 cm³/mol. The molecule has 24 nitrogen and oxygen atoms in total. The number of carbonyl (C=O) groups excluding carboxylic acids is 7. The van der Waals surface area contributed by atoms with E-state index in [-0.39, 0.29) is 92.0 Å². The molecule has 0 aromatic heterocycles. The van der Waals surface area contributed by atoms with Crippen LogP contribution in [0.15, 0.2) is 138 Å². The molecule has 0 saturated carbocycles. The minimum atomic E-state index is -1.99. The molecule has 11 rings (SSSR count). The molecule has 1 fully saturated rings. The van der Waals surface area contributed by atoms with Crippen molar-refractivity contribution in [2.45, 2.75) is 114 Å². The molecule has 1 saturated heterocycles. The van der Waals surface area contributed by atoms with Crippen LogP contribution in [0, 0.1) is 6.92 Å². The molecule has 5 aromatic carbocycles. The summed E-state index contributed by atoms with van der Waals surface area (Å²) in [7, 11) is 0. The topological polar surface area (TPSA) is 322 Å². The number of carboxylic acid groups (broad SMARTS) is 1. The molecule has 476 valence electrons. The van der Waals surface area contributed by atoms with Gasteiger partial charge in [-0.1, -0.05) is 66.6 Å². The van der Waals surface area contributed by atoms with Crippen LogP contribution < -0.4 is 24.8 Å². The number of aliphatic carboxylic acids is 1. The third-order valence-corrected chi connectivity index (χ3v) is 16.3. The van der Waals surface area contributed by atoms with E-state index in [4.69, 9.17) is 33.7 Å². The van der Waals surface area contributed by atoms with Crippen LogP contribution in [0.5, 0.6) is 17.2 Å². The number of ether oxygens (including phenoxy) is 5. The van der Waals surface area contributed by atoms with Crippen LogP contribution in [-0.4, -0.2) is 164 Å². The number of aliphatic hydroxyl groups is 3. The number of carbonyl (C=O) groups is 8. The molecule has 0 radical (unpaired) electrons. The highest BCUT2D eigenvalue weighted by molar-refractivity contribution is 6.13. The second-order valence-electron chi connectivity index (χ2n) is 22.9. The summed E-state index contributed by atoms with van der Waals surface area (Å²) >= 11 is 0. The van der Waals surface area contributed by atoms with Gasteiger partial charge in [-0.15, -0.1) is 0 Å². The molecule has 6 aliphatic rings. The van der Waals surface area contributed by atoms with Crippen molar-refractivity contribution in [3.05, 3.63) is 167 Å². The van der Waals surface area contributed by atoms with E-state index in [2.05, 4.69) is 34.9 Å². The Morgan fingerprint density at radius 3 is 1.93 bits per heavy atom. The van der Waals surface area contributed by atoms with Gasteiger partial charge in [-0.25, -0.2) is 4.79 Å². The van der Waals surface area contributed by atoms with Gasteiger partial charge in [-0.05, 0) is 89.6 Å². The Kier molecular flexibility index (Phi) is 19.5. The zero-order chi connectivity index (χ0) is 64.6. The average Bonchev–Trinajstić information content (AvgIpc) is 1.70. The number of rotatable bonds is 25. The largest absolute Gasteiger partial charge is 0.493 e. The lowest BCUT2D eigenvalue weighted by Crippen LogP contribution is -2.61. The molecule has 24 heteroatoms. The minimum Gasteiger partial charge on any atom is -0.493 e. The van der Waals surface area contributed by atoms with E-state index < -0.39 is 48.6 Å². The fourth-order valence-corrected chi connectivity index (χ4v) is 11.3. The molecule has 6 aliphatic heterocycles. The molecule has 0 aliphatic carbocycles. The van der Waals surface area contributed by atoms with E-state index >= 15 is 0 Å². The molecule has 6 heterocycles. The smallest absolute Gasteiger partial charge is 0.335 e. The molecule has 5 aromatic rings. The molecule has 6 amide bonds. The maximum atomic E-state index is 14.0. The fraction of sp³-hybridized carbons (Fsp3) is 0.324. The number of aliphatic imine (C=N–C) groups is 2. The van der Waals surface area contributed by atoms with Crippen LogP contribution in [0.2, 0.25) is 0 Å². The first-order valence-corrected chi connectivity index (χ1v) is 30.3. The average molecular weight is 1250 g/mol. The lowest BCUT2D eigenvalue weighted by Gasteiger charge is -2.38. The first-order chi connectivity index (χ1) is 44.4. The normalized spacial score (nSPS) is 21.1. The molecule has 6 N–H and O–H groups in total. The number of unbranched alkanes of at least 4 members (excludes halogenated alkanes) is 2. The molecule has 2 unspecified atom stereocenters. The Morgan fingerprint density at radius 2 is 1.29 bits per heavy atom. The van der Waals surface area contributed by atoms with E-state index in [1.165, 1.54) is 35.9 Å². The number of aliphatic hydroxyl groups excluding tert-OH is 3. The lowest BCUT2D eigenvalue weighted by atomic mass is 9.99. The number of imide groups is 1. The Balaban J connectivity index is 0.649. The summed E-state index contributed by atoms with van der Waals surface area (Å²) in [5.74, 6) is -3.30. The molecule has 92 heavy (non-hydrogen) atoms. The third-order valence-electron chi connectivity index (χ3n) is 16.3. The highest BCUT2D eigenvalue weighted by atomic mass is 16.7. The van der Waals surface area contributed by atoms with Crippen LogP contribution in [-0.2, 0) is 51.3 Å². The van der Waals surface area contributed by atoms with Crippen LogP contribution in [0.4, 0.5) is 17.1 Å². The van der Waals surface area contributed by atoms with E-state index in [9.17, 15) is 58.8 Å². The first-order valence-electron chi connectivity index (χ1n) is 30.3. The van der Waals surface area contributed by atoms with Gasteiger partial charge in [0.15, 0.2) is 6.10 Å². The highest BCUT2D eigenvalue weighted by Crippen LogP contribution is 2.39. The maximum absolute atomic E-state index is 14.0. The fourth-order valence-electron chi connectivity index (χ4n) is 11.3. The number of carboxylic acids is 1. The number of benzene rings is 5. The van der Waals surface area contributed by atoms with Crippen molar-refractivity contribution in [2.24, 2.45) is 9.98 Å². The number of nitrogens with one attached hydrogen (secondary N) is 2. The predicted octanol–water partition coefficient (Wildman–Crippen LogP) is 6.27. The number of hydrogen-bond donors (Lipinski definition) is 6. The van der Waals surface area contributed by atoms with Crippen LogP contribution >= 0.6 is 0 Å². The van der Waals surface area contributed by atoms with Crippen molar-refractivity contribution in [1.29, 1.82) is 0 Å². The summed E-state index contributed by atoms with van der Waals surface area (Å²) in [6, 6.07) is 29.7. The van der Waals surface area contributed by atoms with E-state index in [1.54, 1.807) is 70.7 Å². The van der Waals surface area contributed by atoms with Crippen LogP contribution in [0.25, 0.3) is 11.1 Å². The summed E-state index contributed by atoms with van der Waals surface area (Å²) in [6.07, 6.45) is 3.04. The molecular weight excluding hydrogens is 1190 g/mol. The van der Waals surface area contributed by atoms with Gasteiger partial charge in [0.25, 0.3) is 23.6 Å². The van der Waals surface area contributed by atoms with Gasteiger partial charge in [0.2, 0.25) is 18.1 Å². The van der Waals surface area contributed by atoms with Gasteiger partial charge in [0, 0.05) is 94.3 Å². The summed E-state index contributed by atoms with van der Waals surface area (Å²) < 4.78 is 28.9.